The number of carbonyl (C=O) groups is 2. The summed E-state index contributed by atoms with van der Waals surface area (Å²) in [7, 11) is 1.62. The molecule has 3 aliphatic rings. The van der Waals surface area contributed by atoms with E-state index in [0.29, 0.717) is 24.3 Å². The number of hydrogen-bond donors (Lipinski definition) is 1. The molecule has 5 rings (SSSR count). The van der Waals surface area contributed by atoms with Crippen LogP contribution >= 0.6 is 0 Å². The Bertz CT molecular complexity index is 1770. The lowest BCUT2D eigenvalue weighted by atomic mass is 9.99. The van der Waals surface area contributed by atoms with Crippen molar-refractivity contribution in [1.82, 2.24) is 0 Å². The summed E-state index contributed by atoms with van der Waals surface area (Å²) in [5, 5.41) is 10.2. The molecule has 0 spiro atoms. The van der Waals surface area contributed by atoms with Gasteiger partial charge in [-0.05, 0) is 97.1 Å². The van der Waals surface area contributed by atoms with Gasteiger partial charge in [-0.2, -0.15) is 0 Å². The average molecular weight is 796 g/mol. The van der Waals surface area contributed by atoms with Gasteiger partial charge in [0, 0.05) is 19.9 Å². The normalized spacial score (nSPS) is 24.1. The van der Waals surface area contributed by atoms with Gasteiger partial charge in [0.05, 0.1) is 44.8 Å². The Morgan fingerprint density at radius 1 is 0.965 bits per heavy atom. The quantitative estimate of drug-likeness (QED) is 0.147. The van der Waals surface area contributed by atoms with Crippen molar-refractivity contribution in [2.75, 3.05) is 25.2 Å². The third-order valence-corrected chi connectivity index (χ3v) is 9.57. The van der Waals surface area contributed by atoms with Crippen LogP contribution in [0.2, 0.25) is 0 Å². The first-order valence-electron chi connectivity index (χ1n) is 19.6. The molecule has 0 aliphatic carbocycles. The zero-order chi connectivity index (χ0) is 41.9. The summed E-state index contributed by atoms with van der Waals surface area (Å²) < 4.78 is 54.3. The summed E-state index contributed by atoms with van der Waals surface area (Å²) in [4.78, 5) is 28.9. The fourth-order valence-electron chi connectivity index (χ4n) is 6.70. The van der Waals surface area contributed by atoms with Gasteiger partial charge in [-0.15, -0.1) is 0 Å². The predicted octanol–water partition coefficient (Wildman–Crippen LogP) is 7.96. The number of fused-ring (bicyclic) bond motifs is 1. The lowest BCUT2D eigenvalue weighted by molar-refractivity contribution is -0.156. The predicted molar refractivity (Wildman–Crippen MR) is 214 cm³/mol. The highest BCUT2D eigenvalue weighted by atomic mass is 16.8. The van der Waals surface area contributed by atoms with Gasteiger partial charge in [0.15, 0.2) is 11.6 Å². The summed E-state index contributed by atoms with van der Waals surface area (Å²) in [6, 6.07) is 11.0. The number of cyclic esters (lactones) is 1. The first-order valence-corrected chi connectivity index (χ1v) is 19.6. The minimum absolute atomic E-state index is 0.122. The lowest BCUT2D eigenvalue weighted by Crippen LogP contribution is -2.43. The van der Waals surface area contributed by atoms with Crippen molar-refractivity contribution in [3.8, 4) is 11.5 Å². The van der Waals surface area contributed by atoms with Gasteiger partial charge in [-0.1, -0.05) is 43.4 Å². The molecule has 1 unspecified atom stereocenters. The molecule has 1 N–H and O–H groups in total. The van der Waals surface area contributed by atoms with E-state index in [9.17, 15) is 14.7 Å². The number of esters is 1. The highest BCUT2D eigenvalue weighted by Crippen LogP contribution is 2.40. The van der Waals surface area contributed by atoms with Gasteiger partial charge in [0.2, 0.25) is 5.79 Å². The van der Waals surface area contributed by atoms with Gasteiger partial charge < -0.3 is 47.7 Å². The van der Waals surface area contributed by atoms with Gasteiger partial charge >= 0.3 is 12.1 Å². The monoisotopic (exact) mass is 795 g/mol. The number of nitrogens with zero attached hydrogens (tertiary/aromatic N) is 1. The number of ether oxygens (including phenoxy) is 9. The molecule has 57 heavy (non-hydrogen) atoms. The van der Waals surface area contributed by atoms with Crippen molar-refractivity contribution >= 4 is 23.8 Å². The molecule has 2 fully saturated rings. The first-order chi connectivity index (χ1) is 26.5. The molecule has 3 aliphatic heterocycles. The van der Waals surface area contributed by atoms with Gasteiger partial charge in [-0.25, -0.2) is 9.59 Å². The lowest BCUT2D eigenvalue weighted by Gasteiger charge is -2.34. The van der Waals surface area contributed by atoms with E-state index in [1.54, 1.807) is 66.9 Å². The Labute approximate surface area is 337 Å². The maximum Gasteiger partial charge on any atom is 0.414 e. The molecule has 13 nitrogen and oxygen atoms in total. The molecule has 0 radical (unpaired) electrons. The Morgan fingerprint density at radius 3 is 2.28 bits per heavy atom. The van der Waals surface area contributed by atoms with Crippen LogP contribution in [0.5, 0.6) is 11.5 Å². The SMILES string of the molecule is COc1ccc(CO[C@H](/C=C\[C@@H](C)[C@H](C)O)[C@H]2OC(C)(C)O[C@H]2C/C=C/c2cc(N(CC3COC(C)(C)O3)C(=O)OC(C)(C)C)cc3c2C(=O)OC(C)(C)O3)cc1. The molecule has 2 saturated heterocycles. The fraction of sp³-hybridized carbons (Fsp3) is 0.591. The standard InChI is InChI=1S/C44H61NO12/c1-27(28(2)46)16-21-34(50-25-29-17-19-32(49-12)20-18-29)38-35(53-43(8,9)55-38)15-13-14-30-22-31(23-36-37(30)39(47)56-44(10,11)54-36)45(40(48)57-41(3,4)5)24-33-26-51-42(6,7)52-33/h13-14,16-23,27-28,33-35,38,46H,15,24-26H2,1-12H3/b14-13+,21-16-/t27-,28+,33?,34-,35+,38-/m1/s1. The molecule has 3 heterocycles. The van der Waals surface area contributed by atoms with E-state index in [-0.39, 0.29) is 30.4 Å². The maximum absolute atomic E-state index is 13.8. The molecule has 314 valence electrons. The second-order valence-electron chi connectivity index (χ2n) is 17.2. The van der Waals surface area contributed by atoms with E-state index < -0.39 is 65.5 Å². The molecule has 0 saturated carbocycles. The van der Waals surface area contributed by atoms with Crippen molar-refractivity contribution in [3.63, 3.8) is 0 Å². The number of anilines is 1. The van der Waals surface area contributed by atoms with Crippen molar-refractivity contribution < 1.29 is 57.3 Å². The number of aliphatic hydroxyl groups excluding tert-OH is 1. The second kappa shape index (κ2) is 17.5. The van der Waals surface area contributed by atoms with Gasteiger partial charge in [0.1, 0.15) is 41.0 Å². The minimum Gasteiger partial charge on any atom is -0.497 e. The van der Waals surface area contributed by atoms with E-state index in [4.69, 9.17) is 42.6 Å². The van der Waals surface area contributed by atoms with Crippen LogP contribution in [0.25, 0.3) is 6.08 Å². The van der Waals surface area contributed by atoms with Crippen LogP contribution in [0, 0.1) is 5.92 Å². The van der Waals surface area contributed by atoms with E-state index in [1.807, 2.05) is 77.1 Å². The van der Waals surface area contributed by atoms with Crippen LogP contribution in [0.3, 0.4) is 0 Å². The van der Waals surface area contributed by atoms with Gasteiger partial charge in [0.25, 0.3) is 0 Å². The van der Waals surface area contributed by atoms with Crippen molar-refractivity contribution in [3.05, 3.63) is 71.3 Å². The molecule has 6 atom stereocenters. The maximum atomic E-state index is 13.8. The van der Waals surface area contributed by atoms with Crippen LogP contribution < -0.4 is 14.4 Å². The van der Waals surface area contributed by atoms with Crippen molar-refractivity contribution in [1.29, 1.82) is 0 Å². The Morgan fingerprint density at radius 2 is 1.67 bits per heavy atom. The second-order valence-corrected chi connectivity index (χ2v) is 17.2. The van der Waals surface area contributed by atoms with Crippen molar-refractivity contribution in [2.45, 2.75) is 143 Å². The number of amides is 1. The molecule has 2 aromatic rings. The van der Waals surface area contributed by atoms with Crippen LogP contribution in [-0.4, -0.2) is 90.9 Å². The molecule has 13 heteroatoms. The summed E-state index contributed by atoms with van der Waals surface area (Å²) >= 11 is 0. The Kier molecular flexibility index (Phi) is 13.5. The number of benzene rings is 2. The van der Waals surface area contributed by atoms with Crippen LogP contribution in [0.1, 0.15) is 104 Å². The number of rotatable bonds is 14. The fourth-order valence-corrected chi connectivity index (χ4v) is 6.70. The molecule has 1 amide bonds. The molecule has 0 bridgehead atoms. The van der Waals surface area contributed by atoms with E-state index in [2.05, 4.69) is 0 Å². The third kappa shape index (κ3) is 12.0. The summed E-state index contributed by atoms with van der Waals surface area (Å²) in [5.74, 6) is -2.67. The topological polar surface area (TPSA) is 141 Å². The van der Waals surface area contributed by atoms with E-state index in [0.717, 1.165) is 11.3 Å². The summed E-state index contributed by atoms with van der Waals surface area (Å²) in [6.07, 6.45) is 4.78. The van der Waals surface area contributed by atoms with Crippen LogP contribution in [0.4, 0.5) is 10.5 Å². The van der Waals surface area contributed by atoms with E-state index in [1.165, 1.54) is 4.90 Å². The number of methoxy groups -OCH3 is 1. The molecular weight excluding hydrogens is 734 g/mol. The highest BCUT2D eigenvalue weighted by Gasteiger charge is 2.45. The van der Waals surface area contributed by atoms with Gasteiger partial charge in [-0.3, -0.25) is 4.90 Å². The smallest absolute Gasteiger partial charge is 0.414 e. The third-order valence-electron chi connectivity index (χ3n) is 9.57. The summed E-state index contributed by atoms with van der Waals surface area (Å²) in [6.45, 7) is 20.4. The average Bonchev–Trinajstić information content (AvgIpc) is 3.61. The number of carbonyl (C=O) groups excluding carboxylic acids is 2. The van der Waals surface area contributed by atoms with Crippen molar-refractivity contribution in [2.24, 2.45) is 5.92 Å². The Hall–Kier alpha value is -3.98. The van der Waals surface area contributed by atoms with Crippen LogP contribution in [-0.2, 0) is 39.8 Å². The highest BCUT2D eigenvalue weighted by molar-refractivity contribution is 6.00. The summed E-state index contributed by atoms with van der Waals surface area (Å²) in [5.41, 5.74) is 1.29. The minimum atomic E-state index is -1.25. The molecule has 0 aromatic heterocycles. The Balaban J connectivity index is 1.47. The first kappa shape index (κ1) is 44.1. The largest absolute Gasteiger partial charge is 0.497 e. The molecule has 2 aromatic carbocycles. The van der Waals surface area contributed by atoms with Crippen LogP contribution in [0.15, 0.2) is 54.6 Å². The number of aliphatic hydroxyl groups is 1. The zero-order valence-electron chi connectivity index (χ0n) is 35.5. The van der Waals surface area contributed by atoms with E-state index >= 15 is 0 Å². The number of hydrogen-bond acceptors (Lipinski definition) is 12. The molecular formula is C44H61NO12. The zero-order valence-corrected chi connectivity index (χ0v) is 35.5.